The van der Waals surface area contributed by atoms with E-state index in [1.807, 2.05) is 0 Å². The summed E-state index contributed by atoms with van der Waals surface area (Å²) in [6.45, 7) is 5.51. The van der Waals surface area contributed by atoms with Gasteiger partial charge in [0.05, 0.1) is 0 Å². The molecule has 0 radical (unpaired) electrons. The quantitative estimate of drug-likeness (QED) is 0.754. The summed E-state index contributed by atoms with van der Waals surface area (Å²) in [6, 6.07) is 0.689. The van der Waals surface area contributed by atoms with Gasteiger partial charge >= 0.3 is 0 Å². The van der Waals surface area contributed by atoms with E-state index >= 15 is 0 Å². The van der Waals surface area contributed by atoms with Crippen molar-refractivity contribution in [2.45, 2.75) is 51.5 Å². The summed E-state index contributed by atoms with van der Waals surface area (Å²) in [5.41, 5.74) is 0. The van der Waals surface area contributed by atoms with E-state index in [4.69, 9.17) is 4.74 Å². The van der Waals surface area contributed by atoms with Crippen LogP contribution < -0.4 is 5.32 Å². The largest absolute Gasteiger partial charge is 0.381 e. The zero-order chi connectivity index (χ0) is 10.5. The lowest BCUT2D eigenvalue weighted by atomic mass is 9.83. The molecule has 0 spiro atoms. The maximum atomic E-state index is 5.39. The van der Waals surface area contributed by atoms with Crippen molar-refractivity contribution in [3.05, 3.63) is 0 Å². The summed E-state index contributed by atoms with van der Waals surface area (Å²) in [5, 5.41) is 3.70. The molecule has 0 aromatic rings. The van der Waals surface area contributed by atoms with Crippen LogP contribution in [0, 0.1) is 11.8 Å². The van der Waals surface area contributed by atoms with Gasteiger partial charge in [-0.1, -0.05) is 19.3 Å². The van der Waals surface area contributed by atoms with Crippen molar-refractivity contribution >= 4 is 0 Å². The minimum absolute atomic E-state index is 0.689. The second-order valence-corrected chi connectivity index (χ2v) is 5.28. The standard InChI is InChI=1S/C13H25NO/c1-11(13-6-9-15-10-7-13)14-8-5-12-3-2-4-12/h11-14H,2-10H2,1H3. The van der Waals surface area contributed by atoms with Gasteiger partial charge in [0.25, 0.3) is 0 Å². The number of rotatable bonds is 5. The van der Waals surface area contributed by atoms with Crippen LogP contribution in [0.2, 0.25) is 0 Å². The first-order valence-corrected chi connectivity index (χ1v) is 6.67. The van der Waals surface area contributed by atoms with Gasteiger partial charge in [-0.3, -0.25) is 0 Å². The molecule has 2 heteroatoms. The average Bonchev–Trinajstić information content (AvgIpc) is 2.23. The van der Waals surface area contributed by atoms with Gasteiger partial charge in [-0.25, -0.2) is 0 Å². The highest BCUT2D eigenvalue weighted by Crippen LogP contribution is 2.29. The Balaban J connectivity index is 1.56. The van der Waals surface area contributed by atoms with Crippen molar-refractivity contribution in [2.75, 3.05) is 19.8 Å². The summed E-state index contributed by atoms with van der Waals surface area (Å²) in [5.74, 6) is 1.89. The molecule has 88 valence electrons. The van der Waals surface area contributed by atoms with Crippen LogP contribution in [-0.2, 0) is 4.74 Å². The first-order chi connectivity index (χ1) is 7.36. The molecule has 0 aromatic carbocycles. The van der Waals surface area contributed by atoms with Crippen molar-refractivity contribution in [3.8, 4) is 0 Å². The van der Waals surface area contributed by atoms with Crippen LogP contribution >= 0.6 is 0 Å². The predicted molar refractivity (Wildman–Crippen MR) is 63.0 cm³/mol. The molecule has 1 saturated heterocycles. The molecule has 2 rings (SSSR count). The predicted octanol–water partition coefficient (Wildman–Crippen LogP) is 2.58. The minimum atomic E-state index is 0.689. The monoisotopic (exact) mass is 211 g/mol. The zero-order valence-corrected chi connectivity index (χ0v) is 10.0. The molecule has 2 fully saturated rings. The summed E-state index contributed by atoms with van der Waals surface area (Å²) in [4.78, 5) is 0. The van der Waals surface area contributed by atoms with Crippen molar-refractivity contribution in [1.29, 1.82) is 0 Å². The van der Waals surface area contributed by atoms with Gasteiger partial charge in [0, 0.05) is 19.3 Å². The molecule has 1 unspecified atom stereocenters. The third-order valence-corrected chi connectivity index (χ3v) is 4.22. The Bertz CT molecular complexity index is 173. The van der Waals surface area contributed by atoms with Crippen molar-refractivity contribution in [2.24, 2.45) is 11.8 Å². The summed E-state index contributed by atoms with van der Waals surface area (Å²) < 4.78 is 5.39. The molecule has 2 nitrogen and oxygen atoms in total. The molecule has 0 aromatic heterocycles. The number of hydrogen-bond acceptors (Lipinski definition) is 2. The van der Waals surface area contributed by atoms with Crippen LogP contribution in [0.15, 0.2) is 0 Å². The Labute approximate surface area is 93.8 Å². The maximum absolute atomic E-state index is 5.39. The highest BCUT2D eigenvalue weighted by Gasteiger charge is 2.21. The fraction of sp³-hybridized carbons (Fsp3) is 1.00. The Morgan fingerprint density at radius 3 is 2.53 bits per heavy atom. The molecule has 1 N–H and O–H groups in total. The third kappa shape index (κ3) is 3.46. The fourth-order valence-corrected chi connectivity index (χ4v) is 2.68. The first kappa shape index (κ1) is 11.4. The molecule has 15 heavy (non-hydrogen) atoms. The second kappa shape index (κ2) is 5.86. The Kier molecular flexibility index (Phi) is 4.45. The van der Waals surface area contributed by atoms with E-state index in [-0.39, 0.29) is 0 Å². The van der Waals surface area contributed by atoms with E-state index in [0.29, 0.717) is 6.04 Å². The molecule has 0 amide bonds. The number of ether oxygens (including phenoxy) is 1. The maximum Gasteiger partial charge on any atom is 0.0469 e. The van der Waals surface area contributed by atoms with Gasteiger partial charge in [0.2, 0.25) is 0 Å². The van der Waals surface area contributed by atoms with E-state index in [9.17, 15) is 0 Å². The van der Waals surface area contributed by atoms with E-state index in [1.165, 1.54) is 45.1 Å². The smallest absolute Gasteiger partial charge is 0.0469 e. The van der Waals surface area contributed by atoms with Gasteiger partial charge in [0.15, 0.2) is 0 Å². The fourth-order valence-electron chi connectivity index (χ4n) is 2.68. The average molecular weight is 211 g/mol. The molecule has 1 aliphatic carbocycles. The Hall–Kier alpha value is -0.0800. The van der Waals surface area contributed by atoms with Crippen LogP contribution in [0.5, 0.6) is 0 Å². The third-order valence-electron chi connectivity index (χ3n) is 4.22. The lowest BCUT2D eigenvalue weighted by molar-refractivity contribution is 0.0557. The summed E-state index contributed by atoms with van der Waals surface area (Å²) in [7, 11) is 0. The van der Waals surface area contributed by atoms with E-state index in [0.717, 1.165) is 25.0 Å². The molecule has 1 aliphatic heterocycles. The molecule has 1 saturated carbocycles. The van der Waals surface area contributed by atoms with Crippen LogP contribution in [0.4, 0.5) is 0 Å². The van der Waals surface area contributed by atoms with Crippen LogP contribution in [0.3, 0.4) is 0 Å². The van der Waals surface area contributed by atoms with Gasteiger partial charge < -0.3 is 10.1 Å². The van der Waals surface area contributed by atoms with E-state index in [1.54, 1.807) is 0 Å². The van der Waals surface area contributed by atoms with E-state index < -0.39 is 0 Å². The highest BCUT2D eigenvalue weighted by atomic mass is 16.5. The zero-order valence-electron chi connectivity index (χ0n) is 10.0. The van der Waals surface area contributed by atoms with Gasteiger partial charge in [-0.05, 0) is 44.6 Å². The normalized spacial score (nSPS) is 26.2. The van der Waals surface area contributed by atoms with Crippen LogP contribution in [0.1, 0.15) is 45.4 Å². The van der Waals surface area contributed by atoms with Crippen LogP contribution in [-0.4, -0.2) is 25.8 Å². The molecule has 1 heterocycles. The molecule has 1 atom stereocenters. The van der Waals surface area contributed by atoms with Gasteiger partial charge in [-0.2, -0.15) is 0 Å². The molecular weight excluding hydrogens is 186 g/mol. The Morgan fingerprint density at radius 1 is 1.20 bits per heavy atom. The molecular formula is C13H25NO. The minimum Gasteiger partial charge on any atom is -0.381 e. The van der Waals surface area contributed by atoms with Gasteiger partial charge in [0.1, 0.15) is 0 Å². The lowest BCUT2D eigenvalue weighted by Gasteiger charge is -2.30. The number of nitrogens with one attached hydrogen (secondary N) is 1. The van der Waals surface area contributed by atoms with Gasteiger partial charge in [-0.15, -0.1) is 0 Å². The topological polar surface area (TPSA) is 21.3 Å². The van der Waals surface area contributed by atoms with Crippen molar-refractivity contribution in [3.63, 3.8) is 0 Å². The first-order valence-electron chi connectivity index (χ1n) is 6.67. The van der Waals surface area contributed by atoms with Crippen molar-refractivity contribution < 1.29 is 4.74 Å². The van der Waals surface area contributed by atoms with Crippen molar-refractivity contribution in [1.82, 2.24) is 5.32 Å². The van der Waals surface area contributed by atoms with E-state index in [2.05, 4.69) is 12.2 Å². The molecule has 0 bridgehead atoms. The Morgan fingerprint density at radius 2 is 1.93 bits per heavy atom. The second-order valence-electron chi connectivity index (χ2n) is 5.28. The highest BCUT2D eigenvalue weighted by molar-refractivity contribution is 4.76. The number of hydrogen-bond donors (Lipinski definition) is 1. The molecule has 2 aliphatic rings. The summed E-state index contributed by atoms with van der Waals surface area (Å²) in [6.07, 6.45) is 8.32. The SMILES string of the molecule is CC(NCCC1CCC1)C1CCOCC1. The summed E-state index contributed by atoms with van der Waals surface area (Å²) >= 11 is 0. The van der Waals surface area contributed by atoms with Crippen LogP contribution in [0.25, 0.3) is 0 Å². The lowest BCUT2D eigenvalue weighted by Crippen LogP contribution is -2.38.